The minimum absolute atomic E-state index is 0.0127. The van der Waals surface area contributed by atoms with Gasteiger partial charge < -0.3 is 14.7 Å². The van der Waals surface area contributed by atoms with Crippen LogP contribution in [0.3, 0.4) is 0 Å². The summed E-state index contributed by atoms with van der Waals surface area (Å²) in [7, 11) is 3.00. The summed E-state index contributed by atoms with van der Waals surface area (Å²) in [4.78, 5) is 13.3. The first-order valence-electron chi connectivity index (χ1n) is 5.93. The zero-order valence-electron chi connectivity index (χ0n) is 11.3. The minimum Gasteiger partial charge on any atom is -0.389 e. The molecule has 0 aliphatic carbocycles. The molecule has 0 bridgehead atoms. The summed E-state index contributed by atoms with van der Waals surface area (Å²) >= 11 is 0.987. The van der Waals surface area contributed by atoms with Crippen molar-refractivity contribution in [3.63, 3.8) is 0 Å². The fourth-order valence-electron chi connectivity index (χ4n) is 1.50. The molecule has 1 aromatic rings. The predicted molar refractivity (Wildman–Crippen MR) is 72.6 cm³/mol. The summed E-state index contributed by atoms with van der Waals surface area (Å²) in [5.74, 6) is -1.59. The number of benzene rings is 1. The molecule has 0 saturated carbocycles. The number of hydrogen-bond donors (Lipinski definition) is 1. The van der Waals surface area contributed by atoms with Gasteiger partial charge in [-0.05, 0) is 12.1 Å². The maximum absolute atomic E-state index is 13.4. The van der Waals surface area contributed by atoms with Crippen molar-refractivity contribution in [1.82, 2.24) is 4.90 Å². The smallest absolute Gasteiger partial charge is 0.232 e. The molecule has 0 aliphatic rings. The topological polar surface area (TPSA) is 49.8 Å². The van der Waals surface area contributed by atoms with Crippen LogP contribution in [0.15, 0.2) is 23.1 Å². The number of methoxy groups -OCH3 is 1. The summed E-state index contributed by atoms with van der Waals surface area (Å²) in [6.45, 7) is 0.274. The number of nitrogens with zero attached hydrogens (tertiary/aromatic N) is 1. The summed E-state index contributed by atoms with van der Waals surface area (Å²) in [6, 6.07) is 3.21. The Morgan fingerprint density at radius 2 is 2.20 bits per heavy atom. The molecule has 0 heterocycles. The van der Waals surface area contributed by atoms with Crippen LogP contribution in [-0.4, -0.2) is 55.1 Å². The third kappa shape index (κ3) is 5.44. The van der Waals surface area contributed by atoms with Gasteiger partial charge in [0.05, 0.1) is 18.5 Å². The summed E-state index contributed by atoms with van der Waals surface area (Å²) < 4.78 is 30.9. The summed E-state index contributed by atoms with van der Waals surface area (Å²) in [6.07, 6.45) is -0.762. The minimum atomic E-state index is -0.762. The molecule has 4 nitrogen and oxygen atoms in total. The van der Waals surface area contributed by atoms with Gasteiger partial charge in [0.25, 0.3) is 0 Å². The second kappa shape index (κ2) is 8.18. The number of thioether (sulfide) groups is 1. The first-order valence-corrected chi connectivity index (χ1v) is 6.91. The lowest BCUT2D eigenvalue weighted by Gasteiger charge is -2.20. The molecule has 1 rings (SSSR count). The van der Waals surface area contributed by atoms with E-state index in [0.29, 0.717) is 0 Å². The first-order chi connectivity index (χ1) is 9.43. The molecule has 1 atom stereocenters. The van der Waals surface area contributed by atoms with E-state index in [-0.39, 0.29) is 29.7 Å². The maximum Gasteiger partial charge on any atom is 0.232 e. The van der Waals surface area contributed by atoms with E-state index in [2.05, 4.69) is 0 Å². The van der Waals surface area contributed by atoms with Crippen molar-refractivity contribution < 1.29 is 23.4 Å². The van der Waals surface area contributed by atoms with Crippen LogP contribution in [0.1, 0.15) is 0 Å². The van der Waals surface area contributed by atoms with E-state index in [0.717, 1.165) is 23.9 Å². The van der Waals surface area contributed by atoms with Crippen molar-refractivity contribution in [3.05, 3.63) is 29.8 Å². The number of rotatable bonds is 7. The molecule has 1 N–H and O–H groups in total. The molecular weight excluding hydrogens is 288 g/mol. The fraction of sp³-hybridized carbons (Fsp3) is 0.462. The Labute approximate surface area is 120 Å². The van der Waals surface area contributed by atoms with Gasteiger partial charge in [-0.2, -0.15) is 0 Å². The number of halogens is 2. The van der Waals surface area contributed by atoms with Crippen molar-refractivity contribution in [2.24, 2.45) is 0 Å². The highest BCUT2D eigenvalue weighted by Crippen LogP contribution is 2.22. The molecular formula is C13H17F2NO3S. The van der Waals surface area contributed by atoms with E-state index >= 15 is 0 Å². The molecule has 1 aromatic carbocycles. The normalized spacial score (nSPS) is 12.2. The Balaban J connectivity index is 2.46. The van der Waals surface area contributed by atoms with Crippen molar-refractivity contribution in [3.8, 4) is 0 Å². The van der Waals surface area contributed by atoms with Crippen LogP contribution in [0.2, 0.25) is 0 Å². The number of likely N-dealkylation sites (N-methyl/N-ethyl adjacent to an activating group) is 1. The molecule has 1 amide bonds. The molecule has 0 radical (unpaired) electrons. The van der Waals surface area contributed by atoms with Crippen molar-refractivity contribution in [1.29, 1.82) is 0 Å². The van der Waals surface area contributed by atoms with Gasteiger partial charge in [-0.1, -0.05) is 0 Å². The van der Waals surface area contributed by atoms with Gasteiger partial charge in [0.2, 0.25) is 5.91 Å². The first kappa shape index (κ1) is 16.9. The molecule has 20 heavy (non-hydrogen) atoms. The Morgan fingerprint density at radius 3 is 2.80 bits per heavy atom. The van der Waals surface area contributed by atoms with E-state index in [9.17, 15) is 18.7 Å². The highest BCUT2D eigenvalue weighted by Gasteiger charge is 2.15. The average Bonchev–Trinajstić information content (AvgIpc) is 2.37. The van der Waals surface area contributed by atoms with E-state index < -0.39 is 17.7 Å². The molecule has 0 aromatic heterocycles. The van der Waals surface area contributed by atoms with Crippen LogP contribution >= 0.6 is 11.8 Å². The highest BCUT2D eigenvalue weighted by molar-refractivity contribution is 8.00. The Kier molecular flexibility index (Phi) is 6.90. The van der Waals surface area contributed by atoms with E-state index in [1.807, 2.05) is 0 Å². The van der Waals surface area contributed by atoms with Gasteiger partial charge in [-0.15, -0.1) is 11.8 Å². The Hall–Kier alpha value is -1.18. The largest absolute Gasteiger partial charge is 0.389 e. The molecule has 1 unspecified atom stereocenters. The van der Waals surface area contributed by atoms with E-state index in [1.54, 1.807) is 7.05 Å². The molecule has 0 fully saturated rings. The van der Waals surface area contributed by atoms with Crippen molar-refractivity contribution in [2.45, 2.75) is 11.0 Å². The number of aliphatic hydroxyl groups excluding tert-OH is 1. The van der Waals surface area contributed by atoms with Gasteiger partial charge >= 0.3 is 0 Å². The number of ether oxygens (including phenoxy) is 1. The quantitative estimate of drug-likeness (QED) is 0.776. The Bertz CT molecular complexity index is 459. The lowest BCUT2D eigenvalue weighted by Crippen LogP contribution is -2.37. The number of amides is 1. The van der Waals surface area contributed by atoms with Gasteiger partial charge in [-0.25, -0.2) is 8.78 Å². The van der Waals surface area contributed by atoms with Gasteiger partial charge in [0.1, 0.15) is 11.6 Å². The number of carbonyl (C=O) groups excluding carboxylic acids is 1. The van der Waals surface area contributed by atoms with E-state index in [4.69, 9.17) is 4.74 Å². The monoisotopic (exact) mass is 305 g/mol. The zero-order valence-corrected chi connectivity index (χ0v) is 12.1. The summed E-state index contributed by atoms with van der Waals surface area (Å²) in [5, 5.41) is 9.50. The van der Waals surface area contributed by atoms with Crippen LogP contribution in [-0.2, 0) is 9.53 Å². The second-order valence-corrected chi connectivity index (χ2v) is 5.26. The lowest BCUT2D eigenvalue weighted by atomic mass is 10.3. The van der Waals surface area contributed by atoms with Crippen molar-refractivity contribution in [2.75, 3.05) is 33.1 Å². The molecule has 0 saturated heterocycles. The standard InChI is InChI=1S/C13H17F2NO3S/c1-16(6-10(17)7-19-2)13(18)8-20-12-4-3-9(14)5-11(12)15/h3-5,10,17H,6-8H2,1-2H3. The summed E-state index contributed by atoms with van der Waals surface area (Å²) in [5.41, 5.74) is 0. The third-order valence-electron chi connectivity index (χ3n) is 2.51. The van der Waals surface area contributed by atoms with Crippen molar-refractivity contribution >= 4 is 17.7 Å². The molecule has 112 valence electrons. The second-order valence-electron chi connectivity index (χ2n) is 4.25. The average molecular weight is 305 g/mol. The Morgan fingerprint density at radius 1 is 1.50 bits per heavy atom. The fourth-order valence-corrected chi connectivity index (χ4v) is 2.37. The predicted octanol–water partition coefficient (Wildman–Crippen LogP) is 1.52. The molecule has 7 heteroatoms. The van der Waals surface area contributed by atoms with Crippen LogP contribution in [0.5, 0.6) is 0 Å². The van der Waals surface area contributed by atoms with Crippen LogP contribution in [0.4, 0.5) is 8.78 Å². The van der Waals surface area contributed by atoms with Gasteiger partial charge in [0.15, 0.2) is 0 Å². The maximum atomic E-state index is 13.4. The number of hydrogen-bond acceptors (Lipinski definition) is 4. The zero-order chi connectivity index (χ0) is 15.1. The lowest BCUT2D eigenvalue weighted by molar-refractivity contribution is -0.128. The van der Waals surface area contributed by atoms with Crippen LogP contribution < -0.4 is 0 Å². The third-order valence-corrected chi connectivity index (χ3v) is 3.55. The molecule has 0 spiro atoms. The highest BCUT2D eigenvalue weighted by atomic mass is 32.2. The SMILES string of the molecule is COCC(O)CN(C)C(=O)CSc1ccc(F)cc1F. The van der Waals surface area contributed by atoms with Crippen LogP contribution in [0.25, 0.3) is 0 Å². The molecule has 0 aliphatic heterocycles. The van der Waals surface area contributed by atoms with Crippen LogP contribution in [0, 0.1) is 11.6 Å². The number of carbonyl (C=O) groups is 1. The number of aliphatic hydroxyl groups is 1. The van der Waals surface area contributed by atoms with Gasteiger partial charge in [-0.3, -0.25) is 4.79 Å². The van der Waals surface area contributed by atoms with E-state index in [1.165, 1.54) is 18.1 Å². The van der Waals surface area contributed by atoms with Gasteiger partial charge in [0, 0.05) is 31.7 Å².